The number of hydrogen-bond acceptors (Lipinski definition) is 3. The van der Waals surface area contributed by atoms with Crippen molar-refractivity contribution in [2.24, 2.45) is 16.1 Å². The first-order valence-electron chi connectivity index (χ1n) is 5.70. The molecule has 0 radical (unpaired) electrons. The van der Waals surface area contributed by atoms with E-state index >= 15 is 0 Å². The molecule has 0 bridgehead atoms. The van der Waals surface area contributed by atoms with Crippen molar-refractivity contribution in [1.82, 2.24) is 0 Å². The number of hydrogen-bond donors (Lipinski definition) is 2. The van der Waals surface area contributed by atoms with E-state index in [-0.39, 0.29) is 5.41 Å². The number of benzene rings is 1. The number of anilines is 1. The van der Waals surface area contributed by atoms with Gasteiger partial charge in [-0.1, -0.05) is 32.9 Å². The summed E-state index contributed by atoms with van der Waals surface area (Å²) in [5.41, 5.74) is 14.1. The Bertz CT molecular complexity index is 408. The van der Waals surface area contributed by atoms with Gasteiger partial charge in [0.25, 0.3) is 0 Å². The SMILES string of the molecule is CC(C)(C)CN=CC(=CN)c1ccc(N)cc1. The highest BCUT2D eigenvalue weighted by Gasteiger charge is 2.07. The molecule has 0 aliphatic rings. The molecular formula is C14H21N3. The van der Waals surface area contributed by atoms with E-state index in [1.165, 1.54) is 0 Å². The molecule has 4 N–H and O–H groups in total. The van der Waals surface area contributed by atoms with Crippen molar-refractivity contribution in [2.45, 2.75) is 20.8 Å². The third kappa shape index (κ3) is 4.72. The van der Waals surface area contributed by atoms with E-state index in [0.29, 0.717) is 0 Å². The normalized spacial score (nSPS) is 13.2. The molecule has 0 amide bonds. The molecule has 1 aromatic carbocycles. The lowest BCUT2D eigenvalue weighted by Crippen LogP contribution is -2.09. The first kappa shape index (κ1) is 13.3. The van der Waals surface area contributed by atoms with Crippen molar-refractivity contribution in [3.8, 4) is 0 Å². The largest absolute Gasteiger partial charge is 0.404 e. The van der Waals surface area contributed by atoms with Gasteiger partial charge in [-0.3, -0.25) is 4.99 Å². The standard InChI is InChI=1S/C14H21N3/c1-14(2,3)10-17-9-12(8-15)11-4-6-13(16)7-5-11/h4-9H,10,15-16H2,1-3H3. The first-order valence-corrected chi connectivity index (χ1v) is 5.70. The second-order valence-electron chi connectivity index (χ2n) is 5.27. The fourth-order valence-corrected chi connectivity index (χ4v) is 1.31. The zero-order valence-electron chi connectivity index (χ0n) is 10.8. The quantitative estimate of drug-likeness (QED) is 0.620. The van der Waals surface area contributed by atoms with E-state index in [9.17, 15) is 0 Å². The van der Waals surface area contributed by atoms with Gasteiger partial charge in [0.05, 0.1) is 0 Å². The molecule has 1 aromatic rings. The van der Waals surface area contributed by atoms with Gasteiger partial charge < -0.3 is 11.5 Å². The molecule has 0 fully saturated rings. The van der Waals surface area contributed by atoms with Crippen LogP contribution in [-0.4, -0.2) is 12.8 Å². The Morgan fingerprint density at radius 1 is 1.24 bits per heavy atom. The first-order chi connectivity index (χ1) is 7.92. The van der Waals surface area contributed by atoms with E-state index in [0.717, 1.165) is 23.4 Å². The van der Waals surface area contributed by atoms with Gasteiger partial charge in [-0.15, -0.1) is 0 Å². The molecule has 0 saturated heterocycles. The maximum Gasteiger partial charge on any atom is 0.0438 e. The summed E-state index contributed by atoms with van der Waals surface area (Å²) in [6, 6.07) is 7.60. The van der Waals surface area contributed by atoms with Gasteiger partial charge >= 0.3 is 0 Å². The maximum absolute atomic E-state index is 5.64. The van der Waals surface area contributed by atoms with Crippen LogP contribution in [-0.2, 0) is 0 Å². The van der Waals surface area contributed by atoms with Crippen LogP contribution in [0.2, 0.25) is 0 Å². The number of nitrogens with two attached hydrogens (primary N) is 2. The Hall–Kier alpha value is -1.77. The van der Waals surface area contributed by atoms with Crippen LogP contribution in [0.3, 0.4) is 0 Å². The summed E-state index contributed by atoms with van der Waals surface area (Å²) in [7, 11) is 0. The van der Waals surface area contributed by atoms with Gasteiger partial charge in [0.1, 0.15) is 0 Å². The summed E-state index contributed by atoms with van der Waals surface area (Å²) in [4.78, 5) is 4.41. The fraction of sp³-hybridized carbons (Fsp3) is 0.357. The Morgan fingerprint density at radius 2 is 1.82 bits per heavy atom. The Labute approximate surface area is 103 Å². The molecule has 0 unspecified atom stereocenters. The van der Waals surface area contributed by atoms with Crippen LogP contribution in [0.25, 0.3) is 5.57 Å². The number of nitrogens with zero attached hydrogens (tertiary/aromatic N) is 1. The van der Waals surface area contributed by atoms with Crippen molar-refractivity contribution in [3.05, 3.63) is 36.0 Å². The van der Waals surface area contributed by atoms with Crippen LogP contribution in [0.15, 0.2) is 35.5 Å². The Kier molecular flexibility index (Phi) is 4.32. The average Bonchev–Trinajstić information content (AvgIpc) is 2.24. The average molecular weight is 231 g/mol. The molecule has 3 heteroatoms. The summed E-state index contributed by atoms with van der Waals surface area (Å²) in [5, 5.41) is 0. The van der Waals surface area contributed by atoms with E-state index in [1.807, 2.05) is 30.5 Å². The Morgan fingerprint density at radius 3 is 2.29 bits per heavy atom. The lowest BCUT2D eigenvalue weighted by molar-refractivity contribution is 0.430. The van der Waals surface area contributed by atoms with Crippen LogP contribution in [0, 0.1) is 5.41 Å². The zero-order valence-corrected chi connectivity index (χ0v) is 10.8. The predicted octanol–water partition coefficient (Wildman–Crippen LogP) is 2.69. The number of rotatable bonds is 3. The highest BCUT2D eigenvalue weighted by molar-refractivity contribution is 6.09. The second-order valence-corrected chi connectivity index (χ2v) is 5.27. The highest BCUT2D eigenvalue weighted by Crippen LogP contribution is 2.16. The van der Waals surface area contributed by atoms with Crippen molar-refractivity contribution in [2.75, 3.05) is 12.3 Å². The van der Waals surface area contributed by atoms with E-state index in [2.05, 4.69) is 25.8 Å². The maximum atomic E-state index is 5.64. The number of allylic oxidation sites excluding steroid dienone is 1. The number of nitrogen functional groups attached to an aromatic ring is 1. The molecule has 0 spiro atoms. The third-order valence-corrected chi connectivity index (χ3v) is 2.22. The summed E-state index contributed by atoms with van der Waals surface area (Å²) in [5.74, 6) is 0. The summed E-state index contributed by atoms with van der Waals surface area (Å²) < 4.78 is 0. The van der Waals surface area contributed by atoms with Gasteiger partial charge in [-0.05, 0) is 23.1 Å². The predicted molar refractivity (Wildman–Crippen MR) is 75.8 cm³/mol. The minimum absolute atomic E-state index is 0.192. The highest BCUT2D eigenvalue weighted by atomic mass is 14.7. The molecule has 0 atom stereocenters. The molecule has 0 saturated carbocycles. The molecule has 0 heterocycles. The van der Waals surface area contributed by atoms with E-state index in [4.69, 9.17) is 11.5 Å². The molecule has 0 aliphatic carbocycles. The molecule has 0 aliphatic heterocycles. The van der Waals surface area contributed by atoms with Crippen molar-refractivity contribution in [3.63, 3.8) is 0 Å². The van der Waals surface area contributed by atoms with E-state index < -0.39 is 0 Å². The molecule has 1 rings (SSSR count). The van der Waals surface area contributed by atoms with Gasteiger partial charge in [0, 0.05) is 30.2 Å². The van der Waals surface area contributed by atoms with Crippen LogP contribution in [0.1, 0.15) is 26.3 Å². The zero-order chi connectivity index (χ0) is 12.9. The topological polar surface area (TPSA) is 64.4 Å². The summed E-state index contributed by atoms with van der Waals surface area (Å²) in [6.45, 7) is 7.23. The van der Waals surface area contributed by atoms with Crippen molar-refractivity contribution >= 4 is 17.5 Å². The van der Waals surface area contributed by atoms with Gasteiger partial charge in [-0.25, -0.2) is 0 Å². The summed E-state index contributed by atoms with van der Waals surface area (Å²) >= 11 is 0. The molecule has 92 valence electrons. The van der Waals surface area contributed by atoms with E-state index in [1.54, 1.807) is 6.20 Å². The van der Waals surface area contributed by atoms with Crippen LogP contribution in [0.4, 0.5) is 5.69 Å². The minimum Gasteiger partial charge on any atom is -0.404 e. The van der Waals surface area contributed by atoms with Crippen LogP contribution < -0.4 is 11.5 Å². The fourth-order valence-electron chi connectivity index (χ4n) is 1.31. The second kappa shape index (κ2) is 5.53. The minimum atomic E-state index is 0.192. The number of aliphatic imine (C=N–C) groups is 1. The Balaban J connectivity index is 2.77. The van der Waals surface area contributed by atoms with Gasteiger partial charge in [0.15, 0.2) is 0 Å². The summed E-state index contributed by atoms with van der Waals surface area (Å²) in [6.07, 6.45) is 3.38. The van der Waals surface area contributed by atoms with Crippen LogP contribution in [0.5, 0.6) is 0 Å². The molecule has 0 aromatic heterocycles. The van der Waals surface area contributed by atoms with Crippen molar-refractivity contribution in [1.29, 1.82) is 0 Å². The lowest BCUT2D eigenvalue weighted by Gasteiger charge is -2.14. The third-order valence-electron chi connectivity index (χ3n) is 2.22. The molecule has 17 heavy (non-hydrogen) atoms. The molecular weight excluding hydrogens is 210 g/mol. The van der Waals surface area contributed by atoms with Crippen molar-refractivity contribution < 1.29 is 0 Å². The monoisotopic (exact) mass is 231 g/mol. The lowest BCUT2D eigenvalue weighted by atomic mass is 9.97. The smallest absolute Gasteiger partial charge is 0.0438 e. The van der Waals surface area contributed by atoms with Gasteiger partial charge in [0.2, 0.25) is 0 Å². The van der Waals surface area contributed by atoms with Crippen LogP contribution >= 0.6 is 0 Å². The molecule has 3 nitrogen and oxygen atoms in total. The van der Waals surface area contributed by atoms with Gasteiger partial charge in [-0.2, -0.15) is 0 Å².